The summed E-state index contributed by atoms with van der Waals surface area (Å²) < 4.78 is 0. The molecule has 18 heavy (non-hydrogen) atoms. The molecule has 0 unspecified atom stereocenters. The molecule has 0 fully saturated rings. The average Bonchev–Trinajstić information content (AvgIpc) is 2.37. The minimum Gasteiger partial charge on any atom is -0.121 e. The third-order valence-corrected chi connectivity index (χ3v) is 5.22. The first-order valence-electron chi connectivity index (χ1n) is 5.21. The molecule has 2 rings (SSSR count). The highest BCUT2D eigenvalue weighted by Gasteiger charge is 2.27. The van der Waals surface area contributed by atoms with E-state index in [2.05, 4.69) is 17.9 Å². The van der Waals surface area contributed by atoms with Gasteiger partial charge in [0.1, 0.15) is 0 Å². The van der Waals surface area contributed by atoms with Crippen LogP contribution in [-0.4, -0.2) is 6.00 Å². The molecule has 0 saturated heterocycles. The van der Waals surface area contributed by atoms with Crippen LogP contribution in [0.25, 0.3) is 0 Å². The first-order chi connectivity index (χ1) is 8.55. The summed E-state index contributed by atoms with van der Waals surface area (Å²) >= 11 is 17.7. The lowest BCUT2D eigenvalue weighted by Crippen LogP contribution is -2.29. The van der Waals surface area contributed by atoms with E-state index in [-0.39, 0.29) is 0 Å². The second-order valence-electron chi connectivity index (χ2n) is 3.62. The molecule has 0 amide bonds. The summed E-state index contributed by atoms with van der Waals surface area (Å²) in [5, 5.41) is 0.770. The molecule has 0 atom stereocenters. The van der Waals surface area contributed by atoms with Gasteiger partial charge in [-0.05, 0) is 35.5 Å². The van der Waals surface area contributed by atoms with Crippen LogP contribution in [0.5, 0.6) is 0 Å². The van der Waals surface area contributed by atoms with Crippen LogP contribution in [-0.2, 0) is 0 Å². The van der Waals surface area contributed by atoms with E-state index in [1.807, 2.05) is 48.5 Å². The minimum atomic E-state index is -2.78. The van der Waals surface area contributed by atoms with E-state index in [1.165, 1.54) is 0 Å². The molecule has 2 aromatic rings. The fourth-order valence-corrected chi connectivity index (χ4v) is 3.04. The largest absolute Gasteiger partial charge is 0.372 e. The Labute approximate surface area is 122 Å². The highest BCUT2D eigenvalue weighted by molar-refractivity contribution is 7.69. The van der Waals surface area contributed by atoms with Gasteiger partial charge in [-0.3, -0.25) is 0 Å². The van der Waals surface area contributed by atoms with Crippen LogP contribution in [0.3, 0.4) is 0 Å². The van der Waals surface area contributed by atoms with Gasteiger partial charge in [-0.2, -0.15) is 0 Å². The first kappa shape index (κ1) is 13.5. The van der Waals surface area contributed by atoms with Crippen molar-refractivity contribution in [3.63, 3.8) is 0 Å². The fraction of sp³-hybridized carbons (Fsp3) is 0. The summed E-state index contributed by atoms with van der Waals surface area (Å²) in [5.41, 5.74) is 1.82. The maximum absolute atomic E-state index is 5.91. The number of hydrogen-bond acceptors (Lipinski definition) is 0. The lowest BCUT2D eigenvalue weighted by molar-refractivity contribution is 1.62. The van der Waals surface area contributed by atoms with Crippen LogP contribution in [0, 0.1) is 17.9 Å². The molecule has 0 nitrogen and oxygen atoms in total. The maximum atomic E-state index is 5.91. The zero-order valence-electron chi connectivity index (χ0n) is 9.25. The molecular weight excluding hydrogens is 303 g/mol. The molecule has 89 valence electrons. The fourth-order valence-electron chi connectivity index (χ4n) is 1.36. The van der Waals surface area contributed by atoms with Crippen LogP contribution in [0.2, 0.25) is 0 Å². The van der Waals surface area contributed by atoms with Gasteiger partial charge >= 0.3 is 6.00 Å². The zero-order chi connectivity index (χ0) is 13.0. The lowest BCUT2D eigenvalue weighted by atomic mass is 10.2. The summed E-state index contributed by atoms with van der Waals surface area (Å²) in [4.78, 5) is 0. The third kappa shape index (κ3) is 3.80. The predicted octanol–water partition coefficient (Wildman–Crippen LogP) is 3.75. The van der Waals surface area contributed by atoms with E-state index in [4.69, 9.17) is 33.2 Å². The lowest BCUT2D eigenvalue weighted by Gasteiger charge is -2.07. The van der Waals surface area contributed by atoms with Gasteiger partial charge in [0.25, 0.3) is 0 Å². The first-order valence-corrected chi connectivity index (χ1v) is 10.2. The van der Waals surface area contributed by atoms with Crippen LogP contribution in [0.1, 0.15) is 11.1 Å². The van der Waals surface area contributed by atoms with Gasteiger partial charge < -0.3 is 0 Å². The summed E-state index contributed by atoms with van der Waals surface area (Å²) in [5.74, 6) is 6.11. The number of benzene rings is 2. The van der Waals surface area contributed by atoms with E-state index >= 15 is 0 Å². The summed E-state index contributed by atoms with van der Waals surface area (Å²) in [6.07, 6.45) is 0. The van der Waals surface area contributed by atoms with Crippen LogP contribution in [0.15, 0.2) is 48.5 Å². The van der Waals surface area contributed by atoms with Gasteiger partial charge in [-0.25, -0.2) is 0 Å². The molecule has 0 aliphatic heterocycles. The van der Waals surface area contributed by atoms with Crippen molar-refractivity contribution in [3.8, 4) is 11.8 Å². The van der Waals surface area contributed by atoms with Gasteiger partial charge in [0.05, 0.1) is 0 Å². The van der Waals surface area contributed by atoms with Crippen molar-refractivity contribution in [1.82, 2.24) is 0 Å². The minimum absolute atomic E-state index is 0.770. The van der Waals surface area contributed by atoms with Crippen molar-refractivity contribution in [1.29, 1.82) is 0 Å². The molecule has 1 radical (unpaired) electrons. The second-order valence-corrected chi connectivity index (χ2v) is 12.0. The molecule has 0 N–H and O–H groups in total. The molecule has 0 spiro atoms. The van der Waals surface area contributed by atoms with Crippen molar-refractivity contribution >= 4 is 44.4 Å². The number of hydrogen-bond donors (Lipinski definition) is 0. The molecule has 0 heterocycles. The van der Waals surface area contributed by atoms with Crippen LogP contribution in [0.4, 0.5) is 0 Å². The van der Waals surface area contributed by atoms with Gasteiger partial charge in [-0.1, -0.05) is 36.1 Å². The van der Waals surface area contributed by atoms with Crippen LogP contribution >= 0.6 is 33.2 Å². The summed E-state index contributed by atoms with van der Waals surface area (Å²) in [6.45, 7) is 0. The standard InChI is InChI=1S/C14H8Cl3Si/c15-18(16,17)14-10-8-13(9-11-14)7-6-12-4-2-1-3-5-12/h1-2,4-5,8-11H. The van der Waals surface area contributed by atoms with Crippen molar-refractivity contribution in [3.05, 3.63) is 65.7 Å². The third-order valence-electron chi connectivity index (χ3n) is 2.27. The Morgan fingerprint density at radius 3 is 2.11 bits per heavy atom. The van der Waals surface area contributed by atoms with Gasteiger partial charge in [0.2, 0.25) is 0 Å². The highest BCUT2D eigenvalue weighted by Crippen LogP contribution is 2.19. The monoisotopic (exact) mass is 309 g/mol. The SMILES string of the molecule is Cl[Si](Cl)(Cl)c1ccc(C#Cc2c[c]ccc2)cc1. The molecule has 0 aromatic heterocycles. The van der Waals surface area contributed by atoms with E-state index in [1.54, 1.807) is 0 Å². The smallest absolute Gasteiger partial charge is 0.121 e. The average molecular weight is 311 g/mol. The molecule has 0 bridgehead atoms. The Morgan fingerprint density at radius 1 is 0.889 bits per heavy atom. The second kappa shape index (κ2) is 5.82. The molecule has 4 heteroatoms. The van der Waals surface area contributed by atoms with Crippen molar-refractivity contribution in [2.45, 2.75) is 0 Å². The Hall–Kier alpha value is -0.913. The Morgan fingerprint density at radius 2 is 1.56 bits per heavy atom. The zero-order valence-corrected chi connectivity index (χ0v) is 12.5. The summed E-state index contributed by atoms with van der Waals surface area (Å²) in [7, 11) is 0. The quantitative estimate of drug-likeness (QED) is 0.427. The Kier molecular flexibility index (Phi) is 4.37. The maximum Gasteiger partial charge on any atom is 0.372 e. The predicted molar refractivity (Wildman–Crippen MR) is 80.6 cm³/mol. The van der Waals surface area contributed by atoms with Crippen molar-refractivity contribution in [2.24, 2.45) is 0 Å². The molecule has 0 aliphatic carbocycles. The van der Waals surface area contributed by atoms with E-state index in [0.717, 1.165) is 16.3 Å². The van der Waals surface area contributed by atoms with E-state index < -0.39 is 6.00 Å². The normalized spacial score (nSPS) is 10.6. The molecule has 0 saturated carbocycles. The summed E-state index contributed by atoms with van der Waals surface area (Å²) in [6, 6.07) is 15.1. The number of halogens is 3. The topological polar surface area (TPSA) is 0 Å². The highest BCUT2D eigenvalue weighted by atomic mass is 35.8. The van der Waals surface area contributed by atoms with Crippen molar-refractivity contribution in [2.75, 3.05) is 0 Å². The van der Waals surface area contributed by atoms with Crippen molar-refractivity contribution < 1.29 is 0 Å². The molecule has 2 aromatic carbocycles. The van der Waals surface area contributed by atoms with Gasteiger partial charge in [0, 0.05) is 11.1 Å². The molecular formula is C14H8Cl3Si. The molecule has 0 aliphatic rings. The van der Waals surface area contributed by atoms with E-state index in [9.17, 15) is 0 Å². The Bertz CT molecular complexity index is 574. The van der Waals surface area contributed by atoms with Gasteiger partial charge in [0.15, 0.2) is 0 Å². The Balaban J connectivity index is 2.20. The van der Waals surface area contributed by atoms with Crippen LogP contribution < -0.4 is 5.19 Å². The number of rotatable bonds is 1. The van der Waals surface area contributed by atoms with E-state index in [0.29, 0.717) is 0 Å². The van der Waals surface area contributed by atoms with Gasteiger partial charge in [-0.15, -0.1) is 33.2 Å².